The second kappa shape index (κ2) is 5.41. The number of carbonyl (C=O) groups excluding carboxylic acids is 1. The van der Waals surface area contributed by atoms with E-state index in [1.54, 1.807) is 0 Å². The first-order valence-electron chi connectivity index (χ1n) is 7.92. The average Bonchev–Trinajstić information content (AvgIpc) is 3.10. The molecule has 1 spiro atoms. The zero-order chi connectivity index (χ0) is 13.3. The van der Waals surface area contributed by atoms with Crippen LogP contribution < -0.4 is 5.32 Å². The highest BCUT2D eigenvalue weighted by atomic mass is 16.5. The molecule has 108 valence electrons. The first-order valence-corrected chi connectivity index (χ1v) is 7.92. The van der Waals surface area contributed by atoms with E-state index in [1.165, 1.54) is 12.8 Å². The molecule has 2 heterocycles. The van der Waals surface area contributed by atoms with Crippen molar-refractivity contribution in [3.05, 3.63) is 0 Å². The minimum Gasteiger partial charge on any atom is -0.381 e. The fourth-order valence-electron chi connectivity index (χ4n) is 3.93. The van der Waals surface area contributed by atoms with Crippen LogP contribution in [0, 0.1) is 5.92 Å². The molecule has 0 aromatic rings. The van der Waals surface area contributed by atoms with Crippen LogP contribution in [0.3, 0.4) is 0 Å². The third-order valence-corrected chi connectivity index (χ3v) is 4.99. The first-order chi connectivity index (χ1) is 9.25. The Morgan fingerprint density at radius 2 is 2.21 bits per heavy atom. The van der Waals surface area contributed by atoms with Gasteiger partial charge in [0.25, 0.3) is 0 Å². The van der Waals surface area contributed by atoms with Gasteiger partial charge in [-0.2, -0.15) is 0 Å². The van der Waals surface area contributed by atoms with Gasteiger partial charge in [0.2, 0.25) is 5.91 Å². The van der Waals surface area contributed by atoms with Crippen LogP contribution >= 0.6 is 0 Å². The Labute approximate surface area is 115 Å². The van der Waals surface area contributed by atoms with Gasteiger partial charge in [0.1, 0.15) is 0 Å². The van der Waals surface area contributed by atoms with Crippen molar-refractivity contribution < 1.29 is 9.53 Å². The van der Waals surface area contributed by atoms with Crippen molar-refractivity contribution in [3.63, 3.8) is 0 Å². The summed E-state index contributed by atoms with van der Waals surface area (Å²) in [4.78, 5) is 15.0. The Kier molecular flexibility index (Phi) is 3.81. The van der Waals surface area contributed by atoms with Gasteiger partial charge in [0.15, 0.2) is 0 Å². The molecule has 0 aromatic carbocycles. The van der Waals surface area contributed by atoms with Crippen LogP contribution in [0.1, 0.15) is 51.9 Å². The highest BCUT2D eigenvalue weighted by Gasteiger charge is 2.52. The molecule has 2 aliphatic heterocycles. The van der Waals surface area contributed by atoms with Crippen molar-refractivity contribution in [1.82, 2.24) is 10.2 Å². The Bertz CT molecular complexity index is 333. The maximum atomic E-state index is 12.8. The maximum absolute atomic E-state index is 12.8. The Morgan fingerprint density at radius 1 is 1.42 bits per heavy atom. The van der Waals surface area contributed by atoms with Crippen LogP contribution in [0.15, 0.2) is 0 Å². The molecule has 3 rings (SSSR count). The van der Waals surface area contributed by atoms with E-state index >= 15 is 0 Å². The van der Waals surface area contributed by atoms with E-state index in [-0.39, 0.29) is 11.7 Å². The van der Waals surface area contributed by atoms with E-state index in [0.29, 0.717) is 11.8 Å². The summed E-state index contributed by atoms with van der Waals surface area (Å²) in [7, 11) is 0. The number of carbonyl (C=O) groups is 1. The van der Waals surface area contributed by atoms with Crippen LogP contribution in [0.2, 0.25) is 0 Å². The topological polar surface area (TPSA) is 41.6 Å². The largest absolute Gasteiger partial charge is 0.381 e. The molecule has 0 radical (unpaired) electrons. The fourth-order valence-corrected chi connectivity index (χ4v) is 3.93. The van der Waals surface area contributed by atoms with Gasteiger partial charge >= 0.3 is 0 Å². The summed E-state index contributed by atoms with van der Waals surface area (Å²) in [5.74, 6) is 0.914. The van der Waals surface area contributed by atoms with Gasteiger partial charge in [-0.3, -0.25) is 10.1 Å². The second-order valence-electron chi connectivity index (χ2n) is 6.43. The van der Waals surface area contributed by atoms with Crippen molar-refractivity contribution in [2.45, 2.75) is 63.6 Å². The van der Waals surface area contributed by atoms with E-state index in [9.17, 15) is 4.79 Å². The zero-order valence-corrected chi connectivity index (χ0v) is 12.0. The highest BCUT2D eigenvalue weighted by Crippen LogP contribution is 2.37. The van der Waals surface area contributed by atoms with E-state index in [4.69, 9.17) is 4.74 Å². The molecule has 1 aliphatic carbocycles. The third-order valence-electron chi connectivity index (χ3n) is 4.99. The number of nitrogens with one attached hydrogen (secondary N) is 1. The standard InChI is InChI=1S/C15H26N2O2/c1-2-5-13-16-15(7-3-4-8-15)14(18)17(13)10-12-6-9-19-11-12/h12-13,16H,2-11H2,1H3. The summed E-state index contributed by atoms with van der Waals surface area (Å²) in [6.45, 7) is 4.78. The summed E-state index contributed by atoms with van der Waals surface area (Å²) in [6.07, 6.45) is 8.01. The maximum Gasteiger partial charge on any atom is 0.244 e. The van der Waals surface area contributed by atoms with Gasteiger partial charge in [0, 0.05) is 19.1 Å². The van der Waals surface area contributed by atoms with Gasteiger partial charge in [-0.1, -0.05) is 26.2 Å². The molecular weight excluding hydrogens is 240 g/mol. The molecule has 2 atom stereocenters. The van der Waals surface area contributed by atoms with Crippen LogP contribution in [0.4, 0.5) is 0 Å². The Hall–Kier alpha value is -0.610. The summed E-state index contributed by atoms with van der Waals surface area (Å²) in [6, 6.07) is 0. The predicted molar refractivity (Wildman–Crippen MR) is 73.7 cm³/mol. The van der Waals surface area contributed by atoms with Gasteiger partial charge in [-0.05, 0) is 25.7 Å². The smallest absolute Gasteiger partial charge is 0.244 e. The average molecular weight is 266 g/mol. The lowest BCUT2D eigenvalue weighted by Gasteiger charge is -2.26. The molecule has 0 aromatic heterocycles. The molecule has 1 amide bonds. The Morgan fingerprint density at radius 3 is 2.84 bits per heavy atom. The van der Waals surface area contributed by atoms with Crippen LogP contribution in [-0.2, 0) is 9.53 Å². The molecule has 1 saturated carbocycles. The summed E-state index contributed by atoms with van der Waals surface area (Å²) in [5.41, 5.74) is -0.209. The van der Waals surface area contributed by atoms with E-state index < -0.39 is 0 Å². The molecule has 3 fully saturated rings. The molecule has 3 aliphatic rings. The Balaban J connectivity index is 1.72. The zero-order valence-electron chi connectivity index (χ0n) is 12.0. The minimum absolute atomic E-state index is 0.209. The van der Waals surface area contributed by atoms with Gasteiger partial charge in [0.05, 0.1) is 18.3 Å². The van der Waals surface area contributed by atoms with E-state index in [2.05, 4.69) is 17.1 Å². The van der Waals surface area contributed by atoms with Crippen LogP contribution in [0.25, 0.3) is 0 Å². The number of ether oxygens (including phenoxy) is 1. The number of hydrogen-bond donors (Lipinski definition) is 1. The molecule has 1 N–H and O–H groups in total. The van der Waals surface area contributed by atoms with Gasteiger partial charge < -0.3 is 9.64 Å². The molecular formula is C15H26N2O2. The molecule has 19 heavy (non-hydrogen) atoms. The van der Waals surface area contributed by atoms with Crippen molar-refractivity contribution in [1.29, 1.82) is 0 Å². The van der Waals surface area contributed by atoms with E-state index in [1.807, 2.05) is 0 Å². The van der Waals surface area contributed by atoms with E-state index in [0.717, 1.165) is 51.9 Å². The lowest BCUT2D eigenvalue weighted by molar-refractivity contribution is -0.133. The first kappa shape index (κ1) is 13.4. The predicted octanol–water partition coefficient (Wildman–Crippen LogP) is 1.89. The van der Waals surface area contributed by atoms with Crippen molar-refractivity contribution in [3.8, 4) is 0 Å². The monoisotopic (exact) mass is 266 g/mol. The van der Waals surface area contributed by atoms with Crippen molar-refractivity contribution in [2.75, 3.05) is 19.8 Å². The quantitative estimate of drug-likeness (QED) is 0.845. The highest BCUT2D eigenvalue weighted by molar-refractivity contribution is 5.89. The number of hydrogen-bond acceptors (Lipinski definition) is 3. The molecule has 4 nitrogen and oxygen atoms in total. The summed E-state index contributed by atoms with van der Waals surface area (Å²) >= 11 is 0. The lowest BCUT2D eigenvalue weighted by atomic mass is 9.97. The number of amides is 1. The molecule has 4 heteroatoms. The number of nitrogens with zero attached hydrogens (tertiary/aromatic N) is 1. The third kappa shape index (κ3) is 2.40. The second-order valence-corrected chi connectivity index (χ2v) is 6.43. The van der Waals surface area contributed by atoms with Crippen molar-refractivity contribution in [2.24, 2.45) is 5.92 Å². The van der Waals surface area contributed by atoms with Gasteiger partial charge in [-0.15, -0.1) is 0 Å². The fraction of sp³-hybridized carbons (Fsp3) is 0.933. The van der Waals surface area contributed by atoms with Crippen molar-refractivity contribution >= 4 is 5.91 Å². The molecule has 2 saturated heterocycles. The van der Waals surface area contributed by atoms with Crippen LogP contribution in [-0.4, -0.2) is 42.3 Å². The molecule has 0 bridgehead atoms. The SMILES string of the molecule is CCCC1NC2(CCCC2)C(=O)N1CC1CCOC1. The number of rotatable bonds is 4. The van der Waals surface area contributed by atoms with Crippen LogP contribution in [0.5, 0.6) is 0 Å². The lowest BCUT2D eigenvalue weighted by Crippen LogP contribution is -2.44. The summed E-state index contributed by atoms with van der Waals surface area (Å²) < 4.78 is 5.46. The molecule has 2 unspecified atom stereocenters. The van der Waals surface area contributed by atoms with Gasteiger partial charge in [-0.25, -0.2) is 0 Å². The summed E-state index contributed by atoms with van der Waals surface area (Å²) in [5, 5.41) is 3.68. The minimum atomic E-state index is -0.209. The normalized spacial score (nSPS) is 33.7.